The molecule has 4 aromatic carbocycles. The first kappa shape index (κ1) is 22.4. The summed E-state index contributed by atoms with van der Waals surface area (Å²) in [4.78, 5) is 11.5. The molecule has 4 heteroatoms. The molecule has 0 radical (unpaired) electrons. The molecule has 0 amide bonds. The van der Waals surface area contributed by atoms with E-state index in [4.69, 9.17) is 4.74 Å². The van der Waals surface area contributed by atoms with Gasteiger partial charge in [0.25, 0.3) is 0 Å². The van der Waals surface area contributed by atoms with Crippen LogP contribution in [0.25, 0.3) is 32.3 Å². The standard InChI is InChI=1S/C32H29N3O/c1-3-18-33-27(10-1)22-35(23-28-11-2-4-19-34-28)20-5-6-21-36-30-17-15-26-13-12-24-8-7-9-25-14-16-29(30)32(26)31(24)25/h1-4,7-19H,5-6,20-23H2. The molecular weight excluding hydrogens is 442 g/mol. The second kappa shape index (κ2) is 10.3. The summed E-state index contributed by atoms with van der Waals surface area (Å²) in [6, 6.07) is 31.9. The molecule has 0 aliphatic carbocycles. The van der Waals surface area contributed by atoms with E-state index in [1.165, 1.54) is 32.3 Å². The molecular formula is C32H29N3O. The SMILES string of the molecule is c1ccc(CN(CCCCOc2ccc3ccc4cccc5ccc2c3c45)Cc2ccccn2)nc1. The highest BCUT2D eigenvalue weighted by Crippen LogP contribution is 2.38. The van der Waals surface area contributed by atoms with Crippen LogP contribution in [0.2, 0.25) is 0 Å². The molecule has 178 valence electrons. The van der Waals surface area contributed by atoms with Gasteiger partial charge >= 0.3 is 0 Å². The predicted molar refractivity (Wildman–Crippen MR) is 147 cm³/mol. The number of nitrogens with zero attached hydrogens (tertiary/aromatic N) is 3. The van der Waals surface area contributed by atoms with Crippen LogP contribution in [0.1, 0.15) is 24.2 Å². The molecule has 36 heavy (non-hydrogen) atoms. The fourth-order valence-corrected chi connectivity index (χ4v) is 5.11. The summed E-state index contributed by atoms with van der Waals surface area (Å²) in [6.07, 6.45) is 5.76. The van der Waals surface area contributed by atoms with Gasteiger partial charge in [-0.1, -0.05) is 54.6 Å². The molecule has 0 aliphatic rings. The lowest BCUT2D eigenvalue weighted by Crippen LogP contribution is -2.25. The highest BCUT2D eigenvalue weighted by atomic mass is 16.5. The molecule has 0 fully saturated rings. The largest absolute Gasteiger partial charge is 0.493 e. The van der Waals surface area contributed by atoms with Gasteiger partial charge in [-0.15, -0.1) is 0 Å². The Kier molecular flexibility index (Phi) is 6.43. The monoisotopic (exact) mass is 471 g/mol. The summed E-state index contributed by atoms with van der Waals surface area (Å²) in [7, 11) is 0. The van der Waals surface area contributed by atoms with Crippen molar-refractivity contribution in [3.63, 3.8) is 0 Å². The molecule has 0 N–H and O–H groups in total. The molecule has 2 heterocycles. The highest BCUT2D eigenvalue weighted by molar-refractivity contribution is 6.24. The molecule has 0 unspecified atom stereocenters. The second-order valence-corrected chi connectivity index (χ2v) is 9.33. The predicted octanol–water partition coefficient (Wildman–Crippen LogP) is 7.24. The number of hydrogen-bond acceptors (Lipinski definition) is 4. The molecule has 6 aromatic rings. The fraction of sp³-hybridized carbons (Fsp3) is 0.188. The zero-order chi connectivity index (χ0) is 24.2. The van der Waals surface area contributed by atoms with E-state index < -0.39 is 0 Å². The summed E-state index contributed by atoms with van der Waals surface area (Å²) in [5.74, 6) is 0.972. The molecule has 6 rings (SSSR count). The number of aromatic nitrogens is 2. The zero-order valence-electron chi connectivity index (χ0n) is 20.3. The van der Waals surface area contributed by atoms with Crippen LogP contribution in [0.15, 0.2) is 103 Å². The van der Waals surface area contributed by atoms with E-state index in [0.29, 0.717) is 6.61 Å². The van der Waals surface area contributed by atoms with E-state index in [9.17, 15) is 0 Å². The van der Waals surface area contributed by atoms with E-state index >= 15 is 0 Å². The highest BCUT2D eigenvalue weighted by Gasteiger charge is 2.12. The summed E-state index contributed by atoms with van der Waals surface area (Å²) in [5.41, 5.74) is 2.16. The summed E-state index contributed by atoms with van der Waals surface area (Å²) in [6.45, 7) is 3.29. The number of benzene rings is 4. The fourth-order valence-electron chi connectivity index (χ4n) is 5.11. The Morgan fingerprint density at radius 2 is 1.22 bits per heavy atom. The maximum Gasteiger partial charge on any atom is 0.127 e. The Hall–Kier alpha value is -4.02. The van der Waals surface area contributed by atoms with Crippen LogP contribution >= 0.6 is 0 Å². The van der Waals surface area contributed by atoms with Crippen molar-refractivity contribution in [2.45, 2.75) is 25.9 Å². The molecule has 0 saturated heterocycles. The lowest BCUT2D eigenvalue weighted by Gasteiger charge is -2.21. The van der Waals surface area contributed by atoms with Crippen molar-refractivity contribution in [1.29, 1.82) is 0 Å². The summed E-state index contributed by atoms with van der Waals surface area (Å²) < 4.78 is 6.34. The summed E-state index contributed by atoms with van der Waals surface area (Å²) in [5, 5.41) is 7.66. The molecule has 0 atom stereocenters. The van der Waals surface area contributed by atoms with Crippen molar-refractivity contribution in [1.82, 2.24) is 14.9 Å². The van der Waals surface area contributed by atoms with Crippen LogP contribution in [0.5, 0.6) is 5.75 Å². The lowest BCUT2D eigenvalue weighted by molar-refractivity contribution is 0.232. The van der Waals surface area contributed by atoms with Crippen LogP contribution < -0.4 is 4.74 Å². The van der Waals surface area contributed by atoms with Gasteiger partial charge in [0.05, 0.1) is 18.0 Å². The van der Waals surface area contributed by atoms with E-state index in [0.717, 1.165) is 49.6 Å². The molecule has 0 spiro atoms. The maximum absolute atomic E-state index is 6.34. The Morgan fingerprint density at radius 1 is 0.583 bits per heavy atom. The van der Waals surface area contributed by atoms with Crippen molar-refractivity contribution < 1.29 is 4.74 Å². The average Bonchev–Trinajstić information content (AvgIpc) is 2.93. The first-order chi connectivity index (χ1) is 17.8. The molecule has 0 saturated carbocycles. The molecule has 2 aromatic heterocycles. The quantitative estimate of drug-likeness (QED) is 0.156. The maximum atomic E-state index is 6.34. The van der Waals surface area contributed by atoms with E-state index in [2.05, 4.69) is 81.6 Å². The number of unbranched alkanes of at least 4 members (excludes halogenated alkanes) is 1. The van der Waals surface area contributed by atoms with Gasteiger partial charge in [0, 0.05) is 36.3 Å². The first-order valence-electron chi connectivity index (χ1n) is 12.7. The first-order valence-corrected chi connectivity index (χ1v) is 12.7. The van der Waals surface area contributed by atoms with Gasteiger partial charge in [-0.2, -0.15) is 0 Å². The summed E-state index contributed by atoms with van der Waals surface area (Å²) >= 11 is 0. The third-order valence-electron chi connectivity index (χ3n) is 6.84. The lowest BCUT2D eigenvalue weighted by atomic mass is 9.94. The van der Waals surface area contributed by atoms with Gasteiger partial charge in [-0.3, -0.25) is 14.9 Å². The van der Waals surface area contributed by atoms with Gasteiger partial charge in [0.15, 0.2) is 0 Å². The third-order valence-corrected chi connectivity index (χ3v) is 6.84. The van der Waals surface area contributed by atoms with Gasteiger partial charge < -0.3 is 4.74 Å². The Balaban J connectivity index is 1.12. The topological polar surface area (TPSA) is 38.2 Å². The van der Waals surface area contributed by atoms with Crippen molar-refractivity contribution >= 4 is 32.3 Å². The minimum absolute atomic E-state index is 0.699. The van der Waals surface area contributed by atoms with Crippen LogP contribution in [0, 0.1) is 0 Å². The smallest absolute Gasteiger partial charge is 0.127 e. The second-order valence-electron chi connectivity index (χ2n) is 9.33. The molecule has 4 nitrogen and oxygen atoms in total. The van der Waals surface area contributed by atoms with Gasteiger partial charge in [-0.25, -0.2) is 0 Å². The van der Waals surface area contributed by atoms with Gasteiger partial charge in [0.2, 0.25) is 0 Å². The Bertz CT molecular complexity index is 1510. The number of rotatable bonds is 10. The Labute approximate surface area is 211 Å². The Morgan fingerprint density at radius 3 is 1.89 bits per heavy atom. The van der Waals surface area contributed by atoms with Crippen LogP contribution in [-0.2, 0) is 13.1 Å². The van der Waals surface area contributed by atoms with Crippen molar-refractivity contribution in [3.05, 3.63) is 115 Å². The molecule has 0 bridgehead atoms. The van der Waals surface area contributed by atoms with Crippen molar-refractivity contribution in [2.75, 3.05) is 13.2 Å². The molecule has 0 aliphatic heterocycles. The number of ether oxygens (including phenoxy) is 1. The van der Waals surface area contributed by atoms with Crippen LogP contribution in [0.4, 0.5) is 0 Å². The average molecular weight is 472 g/mol. The van der Waals surface area contributed by atoms with E-state index in [1.54, 1.807) is 0 Å². The third kappa shape index (κ3) is 4.73. The normalized spacial score (nSPS) is 11.7. The van der Waals surface area contributed by atoms with Crippen LogP contribution in [-0.4, -0.2) is 28.0 Å². The van der Waals surface area contributed by atoms with Crippen LogP contribution in [0.3, 0.4) is 0 Å². The number of pyridine rings is 2. The minimum Gasteiger partial charge on any atom is -0.493 e. The van der Waals surface area contributed by atoms with Crippen molar-refractivity contribution in [3.8, 4) is 5.75 Å². The van der Waals surface area contributed by atoms with E-state index in [-0.39, 0.29) is 0 Å². The number of hydrogen-bond donors (Lipinski definition) is 0. The van der Waals surface area contributed by atoms with Crippen molar-refractivity contribution in [2.24, 2.45) is 0 Å². The van der Waals surface area contributed by atoms with E-state index in [1.807, 2.05) is 36.7 Å². The van der Waals surface area contributed by atoms with Gasteiger partial charge in [-0.05, 0) is 77.3 Å². The minimum atomic E-state index is 0.699. The van der Waals surface area contributed by atoms with Gasteiger partial charge in [0.1, 0.15) is 5.75 Å². The zero-order valence-corrected chi connectivity index (χ0v) is 20.3.